The highest BCUT2D eigenvalue weighted by Gasteiger charge is 2.36. The van der Waals surface area contributed by atoms with Gasteiger partial charge in [0.05, 0.1) is 0 Å². The Balaban J connectivity index is 1.87. The minimum Gasteiger partial charge on any atom is -0.486 e. The fourth-order valence-electron chi connectivity index (χ4n) is 3.12. The number of ether oxygens (including phenoxy) is 1. The number of sulfonamides is 1. The number of anilines is 1. The van der Waals surface area contributed by atoms with E-state index < -0.39 is 21.7 Å². The van der Waals surface area contributed by atoms with Gasteiger partial charge >= 0.3 is 6.03 Å². The Labute approximate surface area is 158 Å². The summed E-state index contributed by atoms with van der Waals surface area (Å²) in [7, 11) is -4.14. The van der Waals surface area contributed by atoms with E-state index in [2.05, 4.69) is 15.3 Å². The first-order valence-electron chi connectivity index (χ1n) is 8.44. The molecule has 9 heteroatoms. The smallest absolute Gasteiger partial charge is 0.335 e. The third-order valence-electron chi connectivity index (χ3n) is 3.99. The van der Waals surface area contributed by atoms with Crippen molar-refractivity contribution in [2.75, 3.05) is 5.32 Å². The average molecular weight is 390 g/mol. The number of hydrogen-bond acceptors (Lipinski definition) is 6. The maximum absolute atomic E-state index is 12.8. The molecule has 1 aliphatic heterocycles. The number of fused-ring (bicyclic) bond motifs is 1. The van der Waals surface area contributed by atoms with E-state index in [0.29, 0.717) is 17.8 Å². The molecule has 144 valence electrons. The van der Waals surface area contributed by atoms with Crippen LogP contribution in [-0.4, -0.2) is 30.0 Å². The number of carbonyl (C=O) groups is 1. The van der Waals surface area contributed by atoms with Gasteiger partial charge in [-0.2, -0.15) is 0 Å². The molecule has 2 N–H and O–H groups in total. The van der Waals surface area contributed by atoms with Crippen molar-refractivity contribution < 1.29 is 17.9 Å². The zero-order chi connectivity index (χ0) is 20.0. The van der Waals surface area contributed by atoms with Gasteiger partial charge in [-0.15, -0.1) is 0 Å². The van der Waals surface area contributed by atoms with Crippen LogP contribution in [0.1, 0.15) is 36.4 Å². The molecule has 2 aromatic rings. The van der Waals surface area contributed by atoms with Crippen molar-refractivity contribution >= 4 is 22.0 Å². The molecule has 0 saturated carbocycles. The van der Waals surface area contributed by atoms with Crippen LogP contribution in [0.2, 0.25) is 0 Å². The molecule has 0 unspecified atom stereocenters. The SMILES string of the molecule is Cc1cc2c(c(S(=O)(=O)NC(=O)Nc3nc(C)cc(C)n3)c1)OC(C)(C)C2. The molecule has 3 rings (SSSR count). The summed E-state index contributed by atoms with van der Waals surface area (Å²) in [5.74, 6) is 0.320. The molecule has 0 bridgehead atoms. The molecule has 0 fully saturated rings. The molecule has 2 heterocycles. The van der Waals surface area contributed by atoms with E-state index in [1.54, 1.807) is 26.8 Å². The lowest BCUT2D eigenvalue weighted by Gasteiger charge is -2.18. The van der Waals surface area contributed by atoms with Crippen LogP contribution < -0.4 is 14.8 Å². The van der Waals surface area contributed by atoms with Gasteiger partial charge in [-0.25, -0.2) is 27.9 Å². The van der Waals surface area contributed by atoms with E-state index >= 15 is 0 Å². The van der Waals surface area contributed by atoms with Crippen LogP contribution in [0.25, 0.3) is 0 Å². The molecule has 27 heavy (non-hydrogen) atoms. The Kier molecular flexibility index (Phi) is 4.59. The number of urea groups is 1. The van der Waals surface area contributed by atoms with Crippen molar-refractivity contribution in [1.29, 1.82) is 0 Å². The second kappa shape index (κ2) is 6.49. The molecule has 0 spiro atoms. The van der Waals surface area contributed by atoms with Gasteiger partial charge in [-0.05, 0) is 57.9 Å². The lowest BCUT2D eigenvalue weighted by Crippen LogP contribution is -2.35. The van der Waals surface area contributed by atoms with Crippen LogP contribution in [0.15, 0.2) is 23.1 Å². The van der Waals surface area contributed by atoms with Gasteiger partial charge in [0.15, 0.2) is 0 Å². The van der Waals surface area contributed by atoms with Crippen LogP contribution in [0.4, 0.5) is 10.7 Å². The number of hydrogen-bond donors (Lipinski definition) is 2. The Morgan fingerprint density at radius 3 is 2.37 bits per heavy atom. The molecule has 0 radical (unpaired) electrons. The molecule has 1 aliphatic rings. The fourth-order valence-corrected chi connectivity index (χ4v) is 4.28. The Morgan fingerprint density at radius 2 is 1.74 bits per heavy atom. The van der Waals surface area contributed by atoms with Crippen molar-refractivity contribution in [2.24, 2.45) is 0 Å². The predicted molar refractivity (Wildman–Crippen MR) is 100 cm³/mol. The first kappa shape index (κ1) is 19.1. The molecule has 0 aliphatic carbocycles. The van der Waals surface area contributed by atoms with E-state index in [1.165, 1.54) is 6.07 Å². The van der Waals surface area contributed by atoms with Crippen molar-refractivity contribution in [3.8, 4) is 5.75 Å². The van der Waals surface area contributed by atoms with E-state index in [1.807, 2.05) is 24.6 Å². The summed E-state index contributed by atoms with van der Waals surface area (Å²) in [6, 6.07) is 4.19. The standard InChI is InChI=1S/C18H22N4O4S/c1-10-6-13-9-18(4,5)26-15(13)14(7-10)27(24,25)22-17(23)21-16-19-11(2)8-12(3)20-16/h6-8H,9H2,1-5H3,(H2,19,20,21,22,23). The maximum atomic E-state index is 12.8. The van der Waals surface area contributed by atoms with E-state index in [-0.39, 0.29) is 16.6 Å². The minimum atomic E-state index is -4.14. The number of nitrogens with one attached hydrogen (secondary N) is 2. The van der Waals surface area contributed by atoms with E-state index in [0.717, 1.165) is 11.1 Å². The molecule has 1 aromatic carbocycles. The van der Waals surface area contributed by atoms with Crippen molar-refractivity contribution in [3.63, 3.8) is 0 Å². The first-order chi connectivity index (χ1) is 12.4. The second-order valence-corrected chi connectivity index (χ2v) is 8.97. The molecular formula is C18H22N4O4S. The highest BCUT2D eigenvalue weighted by Crippen LogP contribution is 2.40. The van der Waals surface area contributed by atoms with Crippen LogP contribution in [-0.2, 0) is 16.4 Å². The van der Waals surface area contributed by atoms with Crippen LogP contribution in [0.3, 0.4) is 0 Å². The van der Waals surface area contributed by atoms with E-state index in [9.17, 15) is 13.2 Å². The third-order valence-corrected chi connectivity index (χ3v) is 5.33. The summed E-state index contributed by atoms with van der Waals surface area (Å²) >= 11 is 0. The van der Waals surface area contributed by atoms with Crippen LogP contribution in [0.5, 0.6) is 5.75 Å². The predicted octanol–water partition coefficient (Wildman–Crippen LogP) is 2.63. The van der Waals surface area contributed by atoms with Crippen LogP contribution >= 0.6 is 0 Å². The number of carbonyl (C=O) groups excluding carboxylic acids is 1. The summed E-state index contributed by atoms with van der Waals surface area (Å²) in [6.07, 6.45) is 0.592. The monoisotopic (exact) mass is 390 g/mol. The highest BCUT2D eigenvalue weighted by molar-refractivity contribution is 7.90. The molecule has 1 aromatic heterocycles. The molecule has 0 saturated heterocycles. The highest BCUT2D eigenvalue weighted by atomic mass is 32.2. The summed E-state index contributed by atoms with van der Waals surface area (Å²) in [6.45, 7) is 9.08. The number of benzene rings is 1. The van der Waals surface area contributed by atoms with Gasteiger partial charge in [-0.3, -0.25) is 5.32 Å². The number of amides is 2. The van der Waals surface area contributed by atoms with Crippen molar-refractivity contribution in [1.82, 2.24) is 14.7 Å². The summed E-state index contributed by atoms with van der Waals surface area (Å²) < 4.78 is 33.4. The number of aryl methyl sites for hydroxylation is 3. The lowest BCUT2D eigenvalue weighted by molar-refractivity contribution is 0.135. The van der Waals surface area contributed by atoms with E-state index in [4.69, 9.17) is 4.74 Å². The quantitative estimate of drug-likeness (QED) is 0.834. The number of aromatic nitrogens is 2. The zero-order valence-corrected chi connectivity index (χ0v) is 16.7. The number of rotatable bonds is 3. The Hall–Kier alpha value is -2.68. The fraction of sp³-hybridized carbons (Fsp3) is 0.389. The second-order valence-electron chi connectivity index (χ2n) is 7.32. The largest absolute Gasteiger partial charge is 0.486 e. The normalized spacial score (nSPS) is 15.0. The van der Waals surface area contributed by atoms with Gasteiger partial charge < -0.3 is 4.74 Å². The summed E-state index contributed by atoms with van der Waals surface area (Å²) in [5.41, 5.74) is 2.39. The van der Waals surface area contributed by atoms with Crippen molar-refractivity contribution in [2.45, 2.75) is 51.5 Å². The topological polar surface area (TPSA) is 110 Å². The number of nitrogens with zero attached hydrogens (tertiary/aromatic N) is 2. The first-order valence-corrected chi connectivity index (χ1v) is 9.92. The van der Waals surface area contributed by atoms with Crippen molar-refractivity contribution in [3.05, 3.63) is 40.7 Å². The molecule has 0 atom stereocenters. The van der Waals surface area contributed by atoms with Crippen LogP contribution in [0, 0.1) is 20.8 Å². The minimum absolute atomic E-state index is 0.0343. The molecule has 8 nitrogen and oxygen atoms in total. The third kappa shape index (κ3) is 4.19. The van der Waals surface area contributed by atoms with Gasteiger partial charge in [0.25, 0.3) is 10.0 Å². The summed E-state index contributed by atoms with van der Waals surface area (Å²) in [4.78, 5) is 20.3. The Morgan fingerprint density at radius 1 is 1.11 bits per heavy atom. The zero-order valence-electron chi connectivity index (χ0n) is 15.9. The van der Waals surface area contributed by atoms with Gasteiger partial charge in [0, 0.05) is 17.8 Å². The van der Waals surface area contributed by atoms with Gasteiger partial charge in [0.1, 0.15) is 16.2 Å². The molecule has 2 amide bonds. The lowest BCUT2D eigenvalue weighted by atomic mass is 10.0. The maximum Gasteiger partial charge on any atom is 0.335 e. The molecular weight excluding hydrogens is 368 g/mol. The van der Waals surface area contributed by atoms with Gasteiger partial charge in [-0.1, -0.05) is 6.07 Å². The summed E-state index contributed by atoms with van der Waals surface area (Å²) in [5, 5.41) is 2.36. The Bertz CT molecular complexity index is 1010. The average Bonchev–Trinajstić information content (AvgIpc) is 2.77. The van der Waals surface area contributed by atoms with Gasteiger partial charge in [0.2, 0.25) is 5.95 Å².